The maximum atomic E-state index is 12.4. The van der Waals surface area contributed by atoms with E-state index in [1.165, 1.54) is 11.3 Å². The lowest BCUT2D eigenvalue weighted by molar-refractivity contribution is -0.147. The average molecular weight is 332 g/mol. The summed E-state index contributed by atoms with van der Waals surface area (Å²) in [5.74, 6) is -0.686. The van der Waals surface area contributed by atoms with Gasteiger partial charge in [-0.2, -0.15) is 0 Å². The molecular formula is C17H20N2O3S. The van der Waals surface area contributed by atoms with E-state index < -0.39 is 5.97 Å². The van der Waals surface area contributed by atoms with E-state index in [9.17, 15) is 9.59 Å². The topological polar surface area (TPSA) is 59.5 Å². The third-order valence-electron chi connectivity index (χ3n) is 3.17. The van der Waals surface area contributed by atoms with Crippen molar-refractivity contribution in [1.82, 2.24) is 4.98 Å². The zero-order valence-corrected chi connectivity index (χ0v) is 14.3. The summed E-state index contributed by atoms with van der Waals surface area (Å²) in [4.78, 5) is 30.0. The zero-order chi connectivity index (χ0) is 16.8. The average Bonchev–Trinajstić information content (AvgIpc) is 2.91. The number of aromatic nitrogens is 1. The number of nitrogens with zero attached hydrogens (tertiary/aromatic N) is 2. The monoisotopic (exact) mass is 332 g/mol. The molecule has 0 unspecified atom stereocenters. The van der Waals surface area contributed by atoms with Crippen molar-refractivity contribution in [1.29, 1.82) is 0 Å². The van der Waals surface area contributed by atoms with Gasteiger partial charge in [-0.15, -0.1) is 11.3 Å². The molecule has 0 spiro atoms. The summed E-state index contributed by atoms with van der Waals surface area (Å²) in [7, 11) is 0. The van der Waals surface area contributed by atoms with Gasteiger partial charge in [0, 0.05) is 17.1 Å². The number of thiazole rings is 1. The second kappa shape index (κ2) is 7.87. The Kier molecular flexibility index (Phi) is 5.87. The summed E-state index contributed by atoms with van der Waals surface area (Å²) >= 11 is 1.48. The number of anilines is 1. The van der Waals surface area contributed by atoms with Crippen LogP contribution in [0.4, 0.5) is 5.69 Å². The van der Waals surface area contributed by atoms with E-state index in [1.807, 2.05) is 56.5 Å². The lowest BCUT2D eigenvalue weighted by atomic mass is 10.2. The van der Waals surface area contributed by atoms with Gasteiger partial charge in [0.1, 0.15) is 0 Å². The smallest absolute Gasteiger partial charge is 0.312 e. The lowest BCUT2D eigenvalue weighted by Crippen LogP contribution is -2.40. The number of amides is 1. The normalized spacial score (nSPS) is 10.6. The van der Waals surface area contributed by atoms with Gasteiger partial charge in [0.15, 0.2) is 6.61 Å². The Morgan fingerprint density at radius 3 is 2.52 bits per heavy atom. The highest BCUT2D eigenvalue weighted by Gasteiger charge is 2.20. The molecule has 1 aromatic carbocycles. The van der Waals surface area contributed by atoms with Crippen LogP contribution in [0.2, 0.25) is 0 Å². The molecule has 0 aliphatic rings. The number of para-hydroxylation sites is 1. The van der Waals surface area contributed by atoms with Crippen LogP contribution in [0.1, 0.15) is 24.5 Å². The minimum absolute atomic E-state index is 0.0233. The van der Waals surface area contributed by atoms with Crippen LogP contribution in [0.3, 0.4) is 0 Å². The highest BCUT2D eigenvalue weighted by molar-refractivity contribution is 7.09. The SMILES string of the molecule is Cc1nc(CC(=O)OCC(=O)N(c2ccccc2)C(C)C)cs1. The molecule has 0 atom stereocenters. The van der Waals surface area contributed by atoms with Crippen molar-refractivity contribution in [2.24, 2.45) is 0 Å². The minimum Gasteiger partial charge on any atom is -0.455 e. The largest absolute Gasteiger partial charge is 0.455 e. The molecule has 0 saturated heterocycles. The number of hydrogen-bond donors (Lipinski definition) is 0. The zero-order valence-electron chi connectivity index (χ0n) is 13.5. The number of hydrogen-bond acceptors (Lipinski definition) is 5. The summed E-state index contributed by atoms with van der Waals surface area (Å²) in [5.41, 5.74) is 1.47. The Labute approximate surface area is 139 Å². The second-order valence-corrected chi connectivity index (χ2v) is 6.45. The van der Waals surface area contributed by atoms with Crippen molar-refractivity contribution in [3.05, 3.63) is 46.4 Å². The molecule has 0 saturated carbocycles. The number of carbonyl (C=O) groups is 2. The van der Waals surface area contributed by atoms with Crippen molar-refractivity contribution >= 4 is 28.9 Å². The van der Waals surface area contributed by atoms with E-state index >= 15 is 0 Å². The van der Waals surface area contributed by atoms with Gasteiger partial charge >= 0.3 is 5.97 Å². The third kappa shape index (κ3) is 4.89. The van der Waals surface area contributed by atoms with Gasteiger partial charge in [-0.1, -0.05) is 18.2 Å². The van der Waals surface area contributed by atoms with Crippen LogP contribution in [0.5, 0.6) is 0 Å². The van der Waals surface area contributed by atoms with Crippen LogP contribution >= 0.6 is 11.3 Å². The molecule has 6 heteroatoms. The van der Waals surface area contributed by atoms with Crippen LogP contribution < -0.4 is 4.90 Å². The molecule has 1 heterocycles. The second-order valence-electron chi connectivity index (χ2n) is 5.39. The molecule has 122 valence electrons. The van der Waals surface area contributed by atoms with E-state index in [1.54, 1.807) is 4.90 Å². The predicted octanol–water partition coefficient (Wildman–Crippen LogP) is 2.98. The highest BCUT2D eigenvalue weighted by atomic mass is 32.1. The fourth-order valence-corrected chi connectivity index (χ4v) is 2.83. The number of ether oxygens (including phenoxy) is 1. The van der Waals surface area contributed by atoms with E-state index in [4.69, 9.17) is 4.74 Å². The van der Waals surface area contributed by atoms with Crippen molar-refractivity contribution in [3.8, 4) is 0 Å². The summed E-state index contributed by atoms with van der Waals surface area (Å²) in [6, 6.07) is 9.32. The molecule has 0 N–H and O–H groups in total. The Bertz CT molecular complexity index is 667. The Hall–Kier alpha value is -2.21. The van der Waals surface area contributed by atoms with Gasteiger partial charge in [0.25, 0.3) is 5.91 Å². The van der Waals surface area contributed by atoms with Crippen LogP contribution in [0, 0.1) is 6.92 Å². The van der Waals surface area contributed by atoms with Crippen LogP contribution in [-0.2, 0) is 20.7 Å². The molecule has 0 aliphatic heterocycles. The number of aryl methyl sites for hydroxylation is 1. The summed E-state index contributed by atoms with van der Waals surface area (Å²) in [6.07, 6.45) is 0.0879. The van der Waals surface area contributed by atoms with Gasteiger partial charge in [0.2, 0.25) is 0 Å². The molecule has 2 aromatic rings. The molecule has 0 aliphatic carbocycles. The standard InChI is InChI=1S/C17H20N2O3S/c1-12(2)19(15-7-5-4-6-8-15)16(20)10-22-17(21)9-14-11-23-13(3)18-14/h4-8,11-12H,9-10H2,1-3H3. The molecule has 1 aromatic heterocycles. The minimum atomic E-state index is -0.444. The predicted molar refractivity (Wildman–Crippen MR) is 90.6 cm³/mol. The number of rotatable bonds is 6. The first-order chi connectivity index (χ1) is 11.0. The van der Waals surface area contributed by atoms with Crippen molar-refractivity contribution in [3.63, 3.8) is 0 Å². The lowest BCUT2D eigenvalue weighted by Gasteiger charge is -2.26. The molecular weight excluding hydrogens is 312 g/mol. The van der Waals surface area contributed by atoms with E-state index in [0.29, 0.717) is 5.69 Å². The van der Waals surface area contributed by atoms with Crippen molar-refractivity contribution < 1.29 is 14.3 Å². The Balaban J connectivity index is 1.93. The van der Waals surface area contributed by atoms with E-state index in [0.717, 1.165) is 10.7 Å². The Morgan fingerprint density at radius 1 is 1.26 bits per heavy atom. The first kappa shape index (κ1) is 17.1. The number of esters is 1. The quantitative estimate of drug-likeness (QED) is 0.763. The molecule has 5 nitrogen and oxygen atoms in total. The van der Waals surface area contributed by atoms with Crippen LogP contribution in [-0.4, -0.2) is 29.5 Å². The van der Waals surface area contributed by atoms with Crippen molar-refractivity contribution in [2.75, 3.05) is 11.5 Å². The maximum absolute atomic E-state index is 12.4. The summed E-state index contributed by atoms with van der Waals surface area (Å²) in [5, 5.41) is 2.72. The number of benzene rings is 1. The first-order valence-electron chi connectivity index (χ1n) is 7.41. The van der Waals surface area contributed by atoms with Gasteiger partial charge in [-0.3, -0.25) is 9.59 Å². The first-order valence-corrected chi connectivity index (χ1v) is 8.29. The van der Waals surface area contributed by atoms with Gasteiger partial charge in [-0.25, -0.2) is 4.98 Å². The summed E-state index contributed by atoms with van der Waals surface area (Å²) in [6.45, 7) is 5.45. The molecule has 0 fully saturated rings. The van der Waals surface area contributed by atoms with Crippen molar-refractivity contribution in [2.45, 2.75) is 33.2 Å². The van der Waals surface area contributed by atoms with Gasteiger partial charge in [0.05, 0.1) is 17.1 Å². The highest BCUT2D eigenvalue weighted by Crippen LogP contribution is 2.17. The van der Waals surface area contributed by atoms with Gasteiger partial charge in [-0.05, 0) is 32.9 Å². The molecule has 1 amide bonds. The van der Waals surface area contributed by atoms with Gasteiger partial charge < -0.3 is 9.64 Å². The van der Waals surface area contributed by atoms with E-state index in [2.05, 4.69) is 4.98 Å². The number of carbonyl (C=O) groups excluding carboxylic acids is 2. The molecule has 0 radical (unpaired) electrons. The van der Waals surface area contributed by atoms with E-state index in [-0.39, 0.29) is 25.0 Å². The Morgan fingerprint density at radius 2 is 1.96 bits per heavy atom. The molecule has 23 heavy (non-hydrogen) atoms. The third-order valence-corrected chi connectivity index (χ3v) is 3.99. The van der Waals surface area contributed by atoms with Crippen LogP contribution in [0.15, 0.2) is 35.7 Å². The fraction of sp³-hybridized carbons (Fsp3) is 0.353. The summed E-state index contributed by atoms with van der Waals surface area (Å²) < 4.78 is 5.10. The van der Waals surface area contributed by atoms with Crippen LogP contribution in [0.25, 0.3) is 0 Å². The fourth-order valence-electron chi connectivity index (χ4n) is 2.22. The molecule has 2 rings (SSSR count). The molecule has 0 bridgehead atoms. The maximum Gasteiger partial charge on any atom is 0.312 e.